The monoisotopic (exact) mass is 188 g/mol. The number of rotatable bonds is 2. The van der Waals surface area contributed by atoms with Crippen LogP contribution in [0.4, 0.5) is 0 Å². The van der Waals surface area contributed by atoms with E-state index in [2.05, 4.69) is 16.7 Å². The molecule has 4 heteroatoms. The van der Waals surface area contributed by atoms with E-state index in [1.807, 2.05) is 6.92 Å². The summed E-state index contributed by atoms with van der Waals surface area (Å²) in [6, 6.07) is 0. The third-order valence-corrected chi connectivity index (χ3v) is 1.98. The van der Waals surface area contributed by atoms with E-state index in [0.717, 1.165) is 39.2 Å². The molecular formula is C9H20N2O2. The smallest absolute Gasteiger partial charge is 0.209 e. The fraction of sp³-hybridized carbons (Fsp3) is 0.889. The zero-order valence-corrected chi connectivity index (χ0v) is 8.82. The maximum Gasteiger partial charge on any atom is 0.209 e. The molecule has 0 atom stereocenters. The Morgan fingerprint density at radius 3 is 2.08 bits per heavy atom. The predicted molar refractivity (Wildman–Crippen MR) is 52.7 cm³/mol. The van der Waals surface area contributed by atoms with Gasteiger partial charge in [-0.3, -0.25) is 4.79 Å². The lowest BCUT2D eigenvalue weighted by Gasteiger charge is -2.29. The number of hydrogen-bond acceptors (Lipinski definition) is 3. The van der Waals surface area contributed by atoms with Crippen molar-refractivity contribution in [3.05, 3.63) is 0 Å². The first kappa shape index (κ1) is 12.4. The van der Waals surface area contributed by atoms with Gasteiger partial charge in [-0.2, -0.15) is 0 Å². The summed E-state index contributed by atoms with van der Waals surface area (Å²) in [7, 11) is 3.75. The van der Waals surface area contributed by atoms with Crippen LogP contribution in [-0.2, 0) is 9.53 Å². The molecule has 0 saturated carbocycles. The molecule has 4 nitrogen and oxygen atoms in total. The van der Waals surface area contributed by atoms with Crippen LogP contribution in [0.15, 0.2) is 0 Å². The fourth-order valence-electron chi connectivity index (χ4n) is 0.927. The van der Waals surface area contributed by atoms with Crippen molar-refractivity contribution in [1.29, 1.82) is 0 Å². The molecule has 78 valence electrons. The highest BCUT2D eigenvalue weighted by molar-refractivity contribution is 5.47. The number of hydrogen-bond donors (Lipinski definition) is 0. The SMILES string of the molecule is CCOC.CN1CCN(C=O)CC1. The van der Waals surface area contributed by atoms with Gasteiger partial charge in [-0.15, -0.1) is 0 Å². The molecule has 1 heterocycles. The molecule has 0 aromatic carbocycles. The molecule has 1 rings (SSSR count). The quantitative estimate of drug-likeness (QED) is 0.574. The summed E-state index contributed by atoms with van der Waals surface area (Å²) >= 11 is 0. The molecule has 0 N–H and O–H groups in total. The van der Waals surface area contributed by atoms with Crippen molar-refractivity contribution in [3.8, 4) is 0 Å². The first-order chi connectivity index (χ1) is 6.24. The van der Waals surface area contributed by atoms with Gasteiger partial charge in [0.2, 0.25) is 6.41 Å². The summed E-state index contributed by atoms with van der Waals surface area (Å²) < 4.78 is 4.54. The molecule has 0 spiro atoms. The third kappa shape index (κ3) is 6.54. The maximum absolute atomic E-state index is 10.2. The number of ether oxygens (including phenoxy) is 1. The van der Waals surface area contributed by atoms with Crippen molar-refractivity contribution < 1.29 is 9.53 Å². The van der Waals surface area contributed by atoms with E-state index >= 15 is 0 Å². The van der Waals surface area contributed by atoms with Crippen LogP contribution < -0.4 is 0 Å². The molecule has 1 amide bonds. The minimum atomic E-state index is 0.819. The second kappa shape index (κ2) is 8.01. The number of nitrogens with zero attached hydrogens (tertiary/aromatic N) is 2. The second-order valence-electron chi connectivity index (χ2n) is 3.02. The van der Waals surface area contributed by atoms with Crippen LogP contribution in [0.1, 0.15) is 6.92 Å². The molecule has 1 saturated heterocycles. The van der Waals surface area contributed by atoms with Crippen LogP contribution in [0.2, 0.25) is 0 Å². The van der Waals surface area contributed by atoms with E-state index in [9.17, 15) is 4.79 Å². The Bertz CT molecular complexity index is 121. The van der Waals surface area contributed by atoms with Gasteiger partial charge in [-0.25, -0.2) is 0 Å². The summed E-state index contributed by atoms with van der Waals surface area (Å²) in [6.45, 7) is 6.58. The molecule has 0 aromatic heterocycles. The maximum atomic E-state index is 10.2. The highest BCUT2D eigenvalue weighted by Gasteiger charge is 2.10. The zero-order valence-electron chi connectivity index (χ0n) is 8.82. The highest BCUT2D eigenvalue weighted by atomic mass is 16.5. The van der Waals surface area contributed by atoms with Crippen molar-refractivity contribution in [2.75, 3.05) is 46.9 Å². The number of carbonyl (C=O) groups excluding carboxylic acids is 1. The van der Waals surface area contributed by atoms with Gasteiger partial charge in [-0.05, 0) is 14.0 Å². The average Bonchev–Trinajstić information content (AvgIpc) is 2.19. The van der Waals surface area contributed by atoms with Crippen molar-refractivity contribution in [1.82, 2.24) is 9.80 Å². The van der Waals surface area contributed by atoms with Gasteiger partial charge in [-0.1, -0.05) is 0 Å². The largest absolute Gasteiger partial charge is 0.385 e. The van der Waals surface area contributed by atoms with Gasteiger partial charge >= 0.3 is 0 Å². The summed E-state index contributed by atoms with van der Waals surface area (Å²) in [5.41, 5.74) is 0. The van der Waals surface area contributed by atoms with Gasteiger partial charge < -0.3 is 14.5 Å². The summed E-state index contributed by atoms with van der Waals surface area (Å²) in [5, 5.41) is 0. The van der Waals surface area contributed by atoms with E-state index in [0.29, 0.717) is 0 Å². The average molecular weight is 188 g/mol. The standard InChI is InChI=1S/C6H12N2O.C3H8O/c1-7-2-4-8(6-9)5-3-7;1-3-4-2/h6H,2-5H2,1H3;3H2,1-2H3. The Morgan fingerprint density at radius 2 is 1.77 bits per heavy atom. The van der Waals surface area contributed by atoms with E-state index < -0.39 is 0 Å². The molecule has 0 aliphatic carbocycles. The third-order valence-electron chi connectivity index (χ3n) is 1.98. The Balaban J connectivity index is 0.000000310. The van der Waals surface area contributed by atoms with Crippen LogP contribution in [-0.4, -0.2) is 63.2 Å². The first-order valence-electron chi connectivity index (χ1n) is 4.61. The number of carbonyl (C=O) groups is 1. The minimum absolute atomic E-state index is 0.819. The molecule has 13 heavy (non-hydrogen) atoms. The molecule has 0 bridgehead atoms. The highest BCUT2D eigenvalue weighted by Crippen LogP contribution is 1.94. The number of amides is 1. The van der Waals surface area contributed by atoms with E-state index in [4.69, 9.17) is 0 Å². The predicted octanol–water partition coefficient (Wildman–Crippen LogP) is 0.0429. The number of piperazine rings is 1. The van der Waals surface area contributed by atoms with Crippen LogP contribution in [0.25, 0.3) is 0 Å². The van der Waals surface area contributed by atoms with Gasteiger partial charge in [0.15, 0.2) is 0 Å². The van der Waals surface area contributed by atoms with Gasteiger partial charge in [0, 0.05) is 39.9 Å². The summed E-state index contributed by atoms with van der Waals surface area (Å²) in [6.07, 6.45) is 0.924. The molecular weight excluding hydrogens is 168 g/mol. The Labute approximate surface area is 80.5 Å². The Hall–Kier alpha value is -0.610. The van der Waals surface area contributed by atoms with E-state index in [-0.39, 0.29) is 0 Å². The van der Waals surface area contributed by atoms with Crippen molar-refractivity contribution in [3.63, 3.8) is 0 Å². The van der Waals surface area contributed by atoms with Crippen molar-refractivity contribution in [2.45, 2.75) is 6.92 Å². The first-order valence-corrected chi connectivity index (χ1v) is 4.61. The molecule has 0 aromatic rings. The normalized spacial score (nSPS) is 17.6. The summed E-state index contributed by atoms with van der Waals surface area (Å²) in [5.74, 6) is 0. The van der Waals surface area contributed by atoms with Gasteiger partial charge in [0.1, 0.15) is 0 Å². The molecule has 1 aliphatic rings. The van der Waals surface area contributed by atoms with Crippen LogP contribution in [0.3, 0.4) is 0 Å². The fourth-order valence-corrected chi connectivity index (χ4v) is 0.927. The number of methoxy groups -OCH3 is 1. The van der Waals surface area contributed by atoms with E-state index in [1.54, 1.807) is 12.0 Å². The zero-order chi connectivity index (χ0) is 10.1. The molecule has 1 aliphatic heterocycles. The lowest BCUT2D eigenvalue weighted by molar-refractivity contribution is -0.119. The van der Waals surface area contributed by atoms with Crippen LogP contribution in [0.5, 0.6) is 0 Å². The Morgan fingerprint density at radius 1 is 1.31 bits per heavy atom. The lowest BCUT2D eigenvalue weighted by atomic mass is 10.4. The number of likely N-dealkylation sites (N-methyl/N-ethyl adjacent to an activating group) is 1. The van der Waals surface area contributed by atoms with Crippen molar-refractivity contribution in [2.24, 2.45) is 0 Å². The van der Waals surface area contributed by atoms with Gasteiger partial charge in [0.05, 0.1) is 0 Å². The van der Waals surface area contributed by atoms with Crippen molar-refractivity contribution >= 4 is 6.41 Å². The topological polar surface area (TPSA) is 32.8 Å². The second-order valence-corrected chi connectivity index (χ2v) is 3.02. The van der Waals surface area contributed by atoms with Crippen LogP contribution >= 0.6 is 0 Å². The minimum Gasteiger partial charge on any atom is -0.385 e. The molecule has 0 radical (unpaired) electrons. The molecule has 1 fully saturated rings. The van der Waals surface area contributed by atoms with Gasteiger partial charge in [0.25, 0.3) is 0 Å². The molecule has 0 unspecified atom stereocenters. The van der Waals surface area contributed by atoms with E-state index in [1.165, 1.54) is 0 Å². The lowest BCUT2D eigenvalue weighted by Crippen LogP contribution is -2.43. The Kier molecular flexibility index (Phi) is 7.63. The van der Waals surface area contributed by atoms with Crippen LogP contribution in [0, 0.1) is 0 Å². The summed E-state index contributed by atoms with van der Waals surface area (Å²) in [4.78, 5) is 14.2.